The van der Waals surface area contributed by atoms with Gasteiger partial charge in [-0.1, -0.05) is 35.3 Å². The number of anilines is 1. The minimum Gasteiger partial charge on any atom is -0.494 e. The van der Waals surface area contributed by atoms with Crippen LogP contribution in [0.5, 0.6) is 5.75 Å². The molecule has 2 heterocycles. The van der Waals surface area contributed by atoms with Crippen LogP contribution < -0.4 is 9.64 Å². The van der Waals surface area contributed by atoms with Crippen molar-refractivity contribution in [3.63, 3.8) is 0 Å². The lowest BCUT2D eigenvalue weighted by Gasteiger charge is -2.27. The molecule has 1 aromatic heterocycles. The quantitative estimate of drug-likeness (QED) is 0.270. The highest BCUT2D eigenvalue weighted by molar-refractivity contribution is 6.34. The van der Waals surface area contributed by atoms with Crippen LogP contribution in [0.1, 0.15) is 31.4 Å². The molecule has 36 heavy (non-hydrogen) atoms. The fourth-order valence-electron chi connectivity index (χ4n) is 4.18. The van der Waals surface area contributed by atoms with Crippen LogP contribution in [-0.2, 0) is 4.79 Å². The van der Waals surface area contributed by atoms with E-state index in [4.69, 9.17) is 27.9 Å². The number of carbonyl (C=O) groups excluding carboxylic acids is 2. The number of pyridine rings is 1. The molecule has 9 heteroatoms. The van der Waals surface area contributed by atoms with E-state index in [2.05, 4.69) is 4.98 Å². The molecule has 184 valence electrons. The maximum absolute atomic E-state index is 13.3. The van der Waals surface area contributed by atoms with Crippen LogP contribution in [0.2, 0.25) is 10.0 Å². The van der Waals surface area contributed by atoms with Crippen molar-refractivity contribution < 1.29 is 14.3 Å². The summed E-state index contributed by atoms with van der Waals surface area (Å²) in [6, 6.07) is 14.1. The Morgan fingerprint density at radius 2 is 1.81 bits per heavy atom. The Kier molecular flexibility index (Phi) is 7.21. The number of halogens is 2. The lowest BCUT2D eigenvalue weighted by atomic mass is 10.0. The molecule has 1 aliphatic heterocycles. The normalized spacial score (nSPS) is 14.8. The van der Waals surface area contributed by atoms with E-state index in [-0.39, 0.29) is 10.9 Å². The third-order valence-corrected chi connectivity index (χ3v) is 7.06. The van der Waals surface area contributed by atoms with Gasteiger partial charge in [-0.25, -0.2) is 9.69 Å². The minimum atomic E-state index is -1.03. The molecule has 0 saturated carbocycles. The molecule has 0 bridgehead atoms. The van der Waals surface area contributed by atoms with Crippen LogP contribution in [0.4, 0.5) is 10.5 Å². The number of hydrogen-bond acceptors (Lipinski definition) is 5. The number of amides is 3. The SMILES string of the molecule is Cc1c(N2C(=O)N(CCCOc3ccc(-c4ccncc4Cl)cc3)C(C)(C)C2=O)ccc(C#N)c1Cl. The molecule has 3 amide bonds. The predicted octanol–water partition coefficient (Wildman–Crippen LogP) is 6.25. The number of nitriles is 1. The van der Waals surface area contributed by atoms with Gasteiger partial charge in [-0.2, -0.15) is 5.26 Å². The summed E-state index contributed by atoms with van der Waals surface area (Å²) in [6.45, 7) is 5.83. The molecule has 2 aromatic carbocycles. The summed E-state index contributed by atoms with van der Waals surface area (Å²) in [6.07, 6.45) is 3.82. The number of ether oxygens (including phenoxy) is 1. The molecule has 0 N–H and O–H groups in total. The standard InChI is InChI=1S/C27H24Cl2N4O3/c1-17-23(10-7-19(15-30)24(17)29)33-25(34)27(2,3)32(26(33)35)13-4-14-36-20-8-5-18(6-9-20)21-11-12-31-16-22(21)28/h5-12,16H,4,13-14H2,1-3H3. The number of benzene rings is 2. The number of carbonyl (C=O) groups is 2. The van der Waals surface area contributed by atoms with Gasteiger partial charge in [-0.05, 0) is 68.7 Å². The molecule has 0 atom stereocenters. The average molecular weight is 523 g/mol. The third kappa shape index (κ3) is 4.62. The van der Waals surface area contributed by atoms with Crippen LogP contribution in [0.25, 0.3) is 11.1 Å². The van der Waals surface area contributed by atoms with Gasteiger partial charge in [0.05, 0.1) is 27.9 Å². The molecule has 1 saturated heterocycles. The van der Waals surface area contributed by atoms with Gasteiger partial charge in [-0.15, -0.1) is 0 Å². The average Bonchev–Trinajstić information content (AvgIpc) is 3.03. The second kappa shape index (κ2) is 10.2. The molecule has 0 unspecified atom stereocenters. The van der Waals surface area contributed by atoms with Gasteiger partial charge in [0.1, 0.15) is 17.4 Å². The van der Waals surface area contributed by atoms with Crippen molar-refractivity contribution in [2.45, 2.75) is 32.7 Å². The Morgan fingerprint density at radius 3 is 2.47 bits per heavy atom. The van der Waals surface area contributed by atoms with Gasteiger partial charge < -0.3 is 9.64 Å². The Hall–Kier alpha value is -3.60. The van der Waals surface area contributed by atoms with Gasteiger partial charge >= 0.3 is 6.03 Å². The molecule has 1 fully saturated rings. The first-order valence-electron chi connectivity index (χ1n) is 11.3. The first-order chi connectivity index (χ1) is 17.2. The summed E-state index contributed by atoms with van der Waals surface area (Å²) in [7, 11) is 0. The number of imide groups is 1. The number of hydrogen-bond donors (Lipinski definition) is 0. The summed E-state index contributed by atoms with van der Waals surface area (Å²) in [4.78, 5) is 33.2. The van der Waals surface area contributed by atoms with E-state index in [0.717, 1.165) is 16.0 Å². The highest BCUT2D eigenvalue weighted by atomic mass is 35.5. The molecular weight excluding hydrogens is 499 g/mol. The molecule has 0 aliphatic carbocycles. The van der Waals surface area contributed by atoms with E-state index in [1.165, 1.54) is 6.07 Å². The van der Waals surface area contributed by atoms with Crippen LogP contribution in [0.3, 0.4) is 0 Å². The zero-order valence-electron chi connectivity index (χ0n) is 20.1. The van der Waals surface area contributed by atoms with Crippen molar-refractivity contribution in [1.29, 1.82) is 5.26 Å². The van der Waals surface area contributed by atoms with E-state index in [1.807, 2.05) is 36.4 Å². The molecular formula is C27H24Cl2N4O3. The first-order valence-corrected chi connectivity index (χ1v) is 12.1. The second-order valence-corrected chi connectivity index (χ2v) is 9.68. The van der Waals surface area contributed by atoms with Crippen LogP contribution in [0.15, 0.2) is 54.9 Å². The van der Waals surface area contributed by atoms with Gasteiger partial charge in [0.25, 0.3) is 5.91 Å². The highest BCUT2D eigenvalue weighted by Gasteiger charge is 2.51. The van der Waals surface area contributed by atoms with Gasteiger partial charge in [0.15, 0.2) is 0 Å². The topological polar surface area (TPSA) is 86.5 Å². The van der Waals surface area contributed by atoms with Gasteiger partial charge in [0.2, 0.25) is 0 Å². The van der Waals surface area contributed by atoms with E-state index >= 15 is 0 Å². The maximum Gasteiger partial charge on any atom is 0.332 e. The van der Waals surface area contributed by atoms with Crippen molar-refractivity contribution >= 4 is 40.8 Å². The lowest BCUT2D eigenvalue weighted by Crippen LogP contribution is -2.44. The van der Waals surface area contributed by atoms with Crippen molar-refractivity contribution in [1.82, 2.24) is 9.88 Å². The Bertz CT molecular complexity index is 1370. The Balaban J connectivity index is 1.40. The summed E-state index contributed by atoms with van der Waals surface area (Å²) < 4.78 is 5.86. The molecule has 0 radical (unpaired) electrons. The van der Waals surface area contributed by atoms with Crippen molar-refractivity contribution in [3.05, 3.63) is 76.0 Å². The number of urea groups is 1. The Labute approximate surface area is 219 Å². The Morgan fingerprint density at radius 1 is 1.08 bits per heavy atom. The van der Waals surface area contributed by atoms with E-state index < -0.39 is 11.6 Å². The van der Waals surface area contributed by atoms with Crippen molar-refractivity contribution in [2.75, 3.05) is 18.1 Å². The monoisotopic (exact) mass is 522 g/mol. The lowest BCUT2D eigenvalue weighted by molar-refractivity contribution is -0.123. The molecule has 3 aromatic rings. The third-order valence-electron chi connectivity index (χ3n) is 6.28. The number of rotatable bonds is 7. The van der Waals surface area contributed by atoms with Crippen LogP contribution in [-0.4, -0.2) is 40.5 Å². The van der Waals surface area contributed by atoms with Gasteiger partial charge in [-0.3, -0.25) is 9.78 Å². The molecule has 0 spiro atoms. The zero-order chi connectivity index (χ0) is 26.0. The van der Waals surface area contributed by atoms with Crippen LogP contribution in [0, 0.1) is 18.3 Å². The van der Waals surface area contributed by atoms with Crippen LogP contribution >= 0.6 is 23.2 Å². The minimum absolute atomic E-state index is 0.234. The summed E-state index contributed by atoms with van der Waals surface area (Å²) in [5.41, 5.74) is 2.00. The second-order valence-electron chi connectivity index (χ2n) is 8.90. The number of aromatic nitrogens is 1. The van der Waals surface area contributed by atoms with E-state index in [1.54, 1.807) is 44.1 Å². The zero-order valence-corrected chi connectivity index (χ0v) is 21.6. The van der Waals surface area contributed by atoms with E-state index in [9.17, 15) is 14.9 Å². The molecule has 4 rings (SSSR count). The fraction of sp³-hybridized carbons (Fsp3) is 0.259. The predicted molar refractivity (Wildman–Crippen MR) is 139 cm³/mol. The van der Waals surface area contributed by atoms with Crippen molar-refractivity contribution in [2.24, 2.45) is 0 Å². The molecule has 1 aliphatic rings. The highest BCUT2D eigenvalue weighted by Crippen LogP contribution is 2.37. The summed E-state index contributed by atoms with van der Waals surface area (Å²) >= 11 is 12.5. The number of nitrogens with zero attached hydrogens (tertiary/aromatic N) is 4. The smallest absolute Gasteiger partial charge is 0.332 e. The summed E-state index contributed by atoms with van der Waals surface area (Å²) in [5, 5.41) is 10.0. The van der Waals surface area contributed by atoms with Gasteiger partial charge in [0, 0.05) is 24.5 Å². The van der Waals surface area contributed by atoms with E-state index in [0.29, 0.717) is 47.2 Å². The first kappa shape index (κ1) is 25.5. The molecule has 7 nitrogen and oxygen atoms in total. The largest absolute Gasteiger partial charge is 0.494 e. The maximum atomic E-state index is 13.3. The fourth-order valence-corrected chi connectivity index (χ4v) is 4.61. The summed E-state index contributed by atoms with van der Waals surface area (Å²) in [5.74, 6) is 0.346. The van der Waals surface area contributed by atoms with Crippen molar-refractivity contribution in [3.8, 4) is 22.9 Å².